The molecule has 0 unspecified atom stereocenters. The Kier molecular flexibility index (Phi) is 6.06. The molecule has 0 aliphatic carbocycles. The summed E-state index contributed by atoms with van der Waals surface area (Å²) in [5, 5.41) is 0. The number of ether oxygens (including phenoxy) is 2. The largest absolute Gasteiger partial charge is 0.348 e. The van der Waals surface area contributed by atoms with Crippen LogP contribution in [0.15, 0.2) is 12.1 Å². The molecule has 1 aromatic rings. The van der Waals surface area contributed by atoms with E-state index in [1.165, 1.54) is 19.3 Å². The van der Waals surface area contributed by atoms with Gasteiger partial charge in [0.15, 0.2) is 23.7 Å². The number of hydrogen-bond acceptors (Lipinski definition) is 2. The summed E-state index contributed by atoms with van der Waals surface area (Å²) in [6.07, 6.45) is 4.97. The van der Waals surface area contributed by atoms with Crippen LogP contribution in [0.25, 0.3) is 0 Å². The van der Waals surface area contributed by atoms with Crippen LogP contribution >= 0.6 is 0 Å². The van der Waals surface area contributed by atoms with Crippen molar-refractivity contribution >= 4 is 0 Å². The van der Waals surface area contributed by atoms with Crippen LogP contribution in [0, 0.1) is 23.4 Å². The molecule has 0 aromatic heterocycles. The summed E-state index contributed by atoms with van der Waals surface area (Å²) in [5.41, 5.74) is 0.177. The van der Waals surface area contributed by atoms with Gasteiger partial charge in [0.25, 0.3) is 0 Å². The topological polar surface area (TPSA) is 18.5 Å². The number of hydrogen-bond donors (Lipinski definition) is 0. The monoisotopic (exact) mass is 302 g/mol. The van der Waals surface area contributed by atoms with E-state index in [-0.39, 0.29) is 5.56 Å². The number of rotatable bonds is 6. The third-order valence-corrected chi connectivity index (χ3v) is 3.71. The van der Waals surface area contributed by atoms with E-state index < -0.39 is 23.7 Å². The fourth-order valence-corrected chi connectivity index (χ4v) is 2.47. The van der Waals surface area contributed by atoms with Crippen LogP contribution in [0.1, 0.15) is 50.9 Å². The summed E-state index contributed by atoms with van der Waals surface area (Å²) >= 11 is 0. The minimum atomic E-state index is -1.47. The first-order valence-electron chi connectivity index (χ1n) is 7.49. The zero-order valence-electron chi connectivity index (χ0n) is 12.2. The van der Waals surface area contributed by atoms with Crippen molar-refractivity contribution in [2.45, 2.75) is 45.3 Å². The predicted octanol–water partition coefficient (Wildman–Crippen LogP) is 4.74. The standard InChI is InChI=1S/C16H21F3O2/c1-2-3-4-5-6-11-9-20-16(21-10-11)12-7-13(17)15(19)14(18)8-12/h7-8,11,16H,2-6,9-10H2,1H3. The van der Waals surface area contributed by atoms with Gasteiger partial charge >= 0.3 is 0 Å². The summed E-state index contributed by atoms with van der Waals surface area (Å²) < 4.78 is 50.3. The summed E-state index contributed by atoms with van der Waals surface area (Å²) in [6.45, 7) is 3.16. The van der Waals surface area contributed by atoms with Gasteiger partial charge in [-0.05, 0) is 18.6 Å². The maximum absolute atomic E-state index is 13.2. The van der Waals surface area contributed by atoms with E-state index in [4.69, 9.17) is 9.47 Å². The summed E-state index contributed by atoms with van der Waals surface area (Å²) in [5.74, 6) is -3.60. The molecule has 2 rings (SSSR count). The predicted molar refractivity (Wildman–Crippen MR) is 73.2 cm³/mol. The van der Waals surface area contributed by atoms with Gasteiger partial charge < -0.3 is 9.47 Å². The fourth-order valence-electron chi connectivity index (χ4n) is 2.47. The van der Waals surface area contributed by atoms with Crippen LogP contribution in [0.3, 0.4) is 0 Å². The third-order valence-electron chi connectivity index (χ3n) is 3.71. The van der Waals surface area contributed by atoms with Crippen molar-refractivity contribution in [1.82, 2.24) is 0 Å². The third kappa shape index (κ3) is 4.45. The van der Waals surface area contributed by atoms with Gasteiger partial charge in [0.1, 0.15) is 0 Å². The molecule has 0 N–H and O–H groups in total. The molecular formula is C16H21F3O2. The van der Waals surface area contributed by atoms with Gasteiger partial charge in [-0.1, -0.05) is 32.6 Å². The molecule has 1 aliphatic heterocycles. The highest BCUT2D eigenvalue weighted by Gasteiger charge is 2.25. The first-order valence-corrected chi connectivity index (χ1v) is 7.49. The molecule has 0 atom stereocenters. The van der Waals surface area contributed by atoms with Gasteiger partial charge in [-0.2, -0.15) is 0 Å². The smallest absolute Gasteiger partial charge is 0.194 e. The van der Waals surface area contributed by atoms with E-state index in [0.29, 0.717) is 19.1 Å². The molecule has 1 saturated heterocycles. The van der Waals surface area contributed by atoms with Gasteiger partial charge in [0.2, 0.25) is 0 Å². The van der Waals surface area contributed by atoms with E-state index in [0.717, 1.165) is 25.0 Å². The summed E-state index contributed by atoms with van der Waals surface area (Å²) in [7, 11) is 0. The number of unbranched alkanes of at least 4 members (excludes halogenated alkanes) is 3. The van der Waals surface area contributed by atoms with Crippen molar-refractivity contribution in [3.05, 3.63) is 35.1 Å². The van der Waals surface area contributed by atoms with E-state index in [1.54, 1.807) is 0 Å². The summed E-state index contributed by atoms with van der Waals surface area (Å²) in [6, 6.07) is 1.84. The Balaban J connectivity index is 1.84. The first kappa shape index (κ1) is 16.3. The second-order valence-corrected chi connectivity index (χ2v) is 5.51. The maximum atomic E-state index is 13.2. The molecule has 1 aliphatic rings. The lowest BCUT2D eigenvalue weighted by Gasteiger charge is -2.29. The van der Waals surface area contributed by atoms with Crippen LogP contribution in [-0.4, -0.2) is 13.2 Å². The van der Waals surface area contributed by atoms with Crippen LogP contribution < -0.4 is 0 Å². The van der Waals surface area contributed by atoms with Crippen molar-refractivity contribution in [3.8, 4) is 0 Å². The molecule has 118 valence electrons. The van der Waals surface area contributed by atoms with Gasteiger partial charge in [0, 0.05) is 11.5 Å². The lowest BCUT2D eigenvalue weighted by molar-refractivity contribution is -0.206. The molecule has 1 aromatic carbocycles. The Labute approximate surface area is 123 Å². The minimum absolute atomic E-state index is 0.177. The average molecular weight is 302 g/mol. The van der Waals surface area contributed by atoms with E-state index in [9.17, 15) is 13.2 Å². The Bertz CT molecular complexity index is 434. The second kappa shape index (κ2) is 7.80. The Morgan fingerprint density at radius 1 is 1.00 bits per heavy atom. The zero-order chi connectivity index (χ0) is 15.2. The SMILES string of the molecule is CCCCCCC1COC(c2cc(F)c(F)c(F)c2)OC1. The van der Waals surface area contributed by atoms with Crippen LogP contribution in [-0.2, 0) is 9.47 Å². The molecule has 1 heterocycles. The molecule has 0 spiro atoms. The molecular weight excluding hydrogens is 281 g/mol. The van der Waals surface area contributed by atoms with Crippen LogP contribution in [0.4, 0.5) is 13.2 Å². The van der Waals surface area contributed by atoms with E-state index in [2.05, 4.69) is 6.92 Å². The maximum Gasteiger partial charge on any atom is 0.194 e. The highest BCUT2D eigenvalue weighted by atomic mass is 19.2. The molecule has 1 fully saturated rings. The lowest BCUT2D eigenvalue weighted by atomic mass is 10.0. The van der Waals surface area contributed by atoms with Gasteiger partial charge in [-0.25, -0.2) is 13.2 Å². The number of halogens is 3. The number of benzene rings is 1. The zero-order valence-corrected chi connectivity index (χ0v) is 12.2. The highest BCUT2D eigenvalue weighted by Crippen LogP contribution is 2.29. The molecule has 21 heavy (non-hydrogen) atoms. The van der Waals surface area contributed by atoms with E-state index >= 15 is 0 Å². The quantitative estimate of drug-likeness (QED) is 0.558. The van der Waals surface area contributed by atoms with Crippen molar-refractivity contribution in [1.29, 1.82) is 0 Å². The molecule has 0 bridgehead atoms. The molecule has 5 heteroatoms. The van der Waals surface area contributed by atoms with Gasteiger partial charge in [-0.15, -0.1) is 0 Å². The van der Waals surface area contributed by atoms with Crippen molar-refractivity contribution in [3.63, 3.8) is 0 Å². The van der Waals surface area contributed by atoms with Crippen LogP contribution in [0.2, 0.25) is 0 Å². The Morgan fingerprint density at radius 2 is 1.62 bits per heavy atom. The Hall–Kier alpha value is -1.07. The first-order chi connectivity index (χ1) is 10.1. The molecule has 0 radical (unpaired) electrons. The highest BCUT2D eigenvalue weighted by molar-refractivity contribution is 5.20. The van der Waals surface area contributed by atoms with Crippen molar-refractivity contribution in [2.24, 2.45) is 5.92 Å². The second-order valence-electron chi connectivity index (χ2n) is 5.51. The van der Waals surface area contributed by atoms with Gasteiger partial charge in [0.05, 0.1) is 13.2 Å². The van der Waals surface area contributed by atoms with Crippen LogP contribution in [0.5, 0.6) is 0 Å². The molecule has 0 saturated carbocycles. The Morgan fingerprint density at radius 3 is 2.19 bits per heavy atom. The lowest BCUT2D eigenvalue weighted by Crippen LogP contribution is -2.27. The average Bonchev–Trinajstić information content (AvgIpc) is 2.49. The fraction of sp³-hybridized carbons (Fsp3) is 0.625. The minimum Gasteiger partial charge on any atom is -0.348 e. The van der Waals surface area contributed by atoms with Gasteiger partial charge in [-0.3, -0.25) is 0 Å². The van der Waals surface area contributed by atoms with Crippen molar-refractivity contribution < 1.29 is 22.6 Å². The normalized spacial score (nSPS) is 22.5. The molecule has 0 amide bonds. The summed E-state index contributed by atoms with van der Waals surface area (Å²) in [4.78, 5) is 0. The van der Waals surface area contributed by atoms with Crippen molar-refractivity contribution in [2.75, 3.05) is 13.2 Å². The van der Waals surface area contributed by atoms with E-state index in [1.807, 2.05) is 0 Å². The molecule has 2 nitrogen and oxygen atoms in total.